The second-order valence-electron chi connectivity index (χ2n) is 3.24. The number of hydrogen-bond acceptors (Lipinski definition) is 7. The van der Waals surface area contributed by atoms with Crippen LogP contribution in [-0.4, -0.2) is 44.4 Å². The Morgan fingerprint density at radius 3 is 2.56 bits per heavy atom. The molecule has 3 N–H and O–H groups in total. The van der Waals surface area contributed by atoms with Crippen molar-refractivity contribution in [1.82, 2.24) is 4.98 Å². The quantitative estimate of drug-likeness (QED) is 0.472. The number of methoxy groups -OCH3 is 1. The number of aliphatic hydroxyl groups is 2. The van der Waals surface area contributed by atoms with E-state index in [4.69, 9.17) is 14.9 Å². The number of ether oxygens (including phenoxy) is 1. The highest BCUT2D eigenvalue weighted by molar-refractivity contribution is 5.73. The third-order valence-electron chi connectivity index (χ3n) is 2.11. The van der Waals surface area contributed by atoms with E-state index < -0.39 is 34.5 Å². The third kappa shape index (κ3) is 2.70. The molecule has 98 valence electrons. The van der Waals surface area contributed by atoms with Crippen molar-refractivity contribution in [3.8, 4) is 5.88 Å². The SMILES string of the molecule is COc1ccc([N+](=O)[O-])c(C(O)C(O)C(=O)O)n1. The lowest BCUT2D eigenvalue weighted by Gasteiger charge is -2.14. The van der Waals surface area contributed by atoms with Gasteiger partial charge in [0.15, 0.2) is 11.8 Å². The van der Waals surface area contributed by atoms with Gasteiger partial charge in [0.05, 0.1) is 12.0 Å². The van der Waals surface area contributed by atoms with Crippen molar-refractivity contribution in [3.05, 3.63) is 27.9 Å². The molecule has 2 unspecified atom stereocenters. The second kappa shape index (κ2) is 5.38. The predicted molar refractivity (Wildman–Crippen MR) is 56.0 cm³/mol. The Bertz CT molecular complexity index is 476. The number of nitrogens with zero attached hydrogens (tertiary/aromatic N) is 2. The number of nitro groups is 1. The van der Waals surface area contributed by atoms with Gasteiger partial charge in [-0.05, 0) is 0 Å². The van der Waals surface area contributed by atoms with Crippen molar-refractivity contribution in [2.45, 2.75) is 12.2 Å². The molecular formula is C9H10N2O7. The van der Waals surface area contributed by atoms with Crippen LogP contribution in [0.4, 0.5) is 5.69 Å². The number of carboxylic acids is 1. The maximum atomic E-state index is 10.7. The van der Waals surface area contributed by atoms with E-state index in [0.717, 1.165) is 6.07 Å². The molecular weight excluding hydrogens is 248 g/mol. The number of carbonyl (C=O) groups is 1. The minimum absolute atomic E-state index is 0.0489. The van der Waals surface area contributed by atoms with Crippen molar-refractivity contribution in [3.63, 3.8) is 0 Å². The summed E-state index contributed by atoms with van der Waals surface area (Å²) in [5.74, 6) is -1.77. The maximum absolute atomic E-state index is 10.7. The van der Waals surface area contributed by atoms with Crippen LogP contribution in [0.5, 0.6) is 5.88 Å². The number of pyridine rings is 1. The fraction of sp³-hybridized carbons (Fsp3) is 0.333. The van der Waals surface area contributed by atoms with Gasteiger partial charge in [-0.25, -0.2) is 9.78 Å². The standard InChI is InChI=1S/C9H10N2O7/c1-18-5-3-2-4(11(16)17)6(10-5)7(12)8(13)9(14)15/h2-3,7-8,12-13H,1H3,(H,14,15). The van der Waals surface area contributed by atoms with Crippen LogP contribution in [0.3, 0.4) is 0 Å². The van der Waals surface area contributed by atoms with Gasteiger partial charge in [0.25, 0.3) is 5.69 Å². The highest BCUT2D eigenvalue weighted by Crippen LogP contribution is 2.27. The lowest BCUT2D eigenvalue weighted by molar-refractivity contribution is -0.386. The molecule has 0 amide bonds. The minimum atomic E-state index is -2.22. The molecule has 0 bridgehead atoms. The lowest BCUT2D eigenvalue weighted by Crippen LogP contribution is -2.28. The van der Waals surface area contributed by atoms with Crippen LogP contribution in [0.25, 0.3) is 0 Å². The normalized spacial score (nSPS) is 13.7. The van der Waals surface area contributed by atoms with Gasteiger partial charge in [0.2, 0.25) is 5.88 Å². The molecule has 0 aromatic carbocycles. The van der Waals surface area contributed by atoms with Crippen molar-refractivity contribution >= 4 is 11.7 Å². The Morgan fingerprint density at radius 2 is 2.11 bits per heavy atom. The van der Waals surface area contributed by atoms with E-state index >= 15 is 0 Å². The number of aliphatic hydroxyl groups excluding tert-OH is 2. The van der Waals surface area contributed by atoms with Crippen molar-refractivity contribution < 1.29 is 29.8 Å². The van der Waals surface area contributed by atoms with E-state index in [9.17, 15) is 20.0 Å². The summed E-state index contributed by atoms with van der Waals surface area (Å²) in [7, 11) is 1.25. The minimum Gasteiger partial charge on any atom is -0.481 e. The fourth-order valence-electron chi connectivity index (χ4n) is 1.22. The van der Waals surface area contributed by atoms with Gasteiger partial charge in [-0.2, -0.15) is 0 Å². The molecule has 9 heteroatoms. The molecule has 0 aliphatic heterocycles. The van der Waals surface area contributed by atoms with Crippen LogP contribution >= 0.6 is 0 Å². The maximum Gasteiger partial charge on any atom is 0.335 e. The molecule has 0 aliphatic rings. The highest BCUT2D eigenvalue weighted by atomic mass is 16.6. The lowest BCUT2D eigenvalue weighted by atomic mass is 10.1. The first-order valence-corrected chi connectivity index (χ1v) is 4.66. The molecule has 0 saturated heterocycles. The van der Waals surface area contributed by atoms with Crippen LogP contribution < -0.4 is 4.74 Å². The van der Waals surface area contributed by atoms with E-state index in [1.807, 2.05) is 0 Å². The number of aromatic nitrogens is 1. The van der Waals surface area contributed by atoms with Gasteiger partial charge in [-0.3, -0.25) is 10.1 Å². The Labute approximate surface area is 100 Å². The topological polar surface area (TPSA) is 143 Å². The van der Waals surface area contributed by atoms with Crippen molar-refractivity contribution in [1.29, 1.82) is 0 Å². The summed E-state index contributed by atoms with van der Waals surface area (Å²) in [6.45, 7) is 0. The number of hydrogen-bond donors (Lipinski definition) is 3. The molecule has 0 saturated carbocycles. The molecule has 0 spiro atoms. The zero-order valence-corrected chi connectivity index (χ0v) is 9.18. The zero-order chi connectivity index (χ0) is 13.9. The molecule has 1 aromatic rings. The number of rotatable bonds is 5. The van der Waals surface area contributed by atoms with Crippen LogP contribution in [0.15, 0.2) is 12.1 Å². The summed E-state index contributed by atoms with van der Waals surface area (Å²) in [5.41, 5.74) is -1.18. The molecule has 2 atom stereocenters. The summed E-state index contributed by atoms with van der Waals surface area (Å²) in [4.78, 5) is 23.9. The van der Waals surface area contributed by atoms with Gasteiger partial charge in [0.1, 0.15) is 6.10 Å². The van der Waals surface area contributed by atoms with Gasteiger partial charge in [-0.15, -0.1) is 0 Å². The third-order valence-corrected chi connectivity index (χ3v) is 2.11. The fourth-order valence-corrected chi connectivity index (χ4v) is 1.22. The Balaban J connectivity index is 3.26. The monoisotopic (exact) mass is 258 g/mol. The highest BCUT2D eigenvalue weighted by Gasteiger charge is 2.32. The van der Waals surface area contributed by atoms with E-state index in [1.54, 1.807) is 0 Å². The summed E-state index contributed by atoms with van der Waals surface area (Å²) in [5, 5.41) is 38.0. The molecule has 0 radical (unpaired) electrons. The summed E-state index contributed by atoms with van der Waals surface area (Å²) >= 11 is 0. The molecule has 0 fully saturated rings. The molecule has 1 rings (SSSR count). The molecule has 18 heavy (non-hydrogen) atoms. The average Bonchev–Trinajstić information content (AvgIpc) is 2.35. The van der Waals surface area contributed by atoms with Crippen LogP contribution in [-0.2, 0) is 4.79 Å². The summed E-state index contributed by atoms with van der Waals surface area (Å²) in [6.07, 6.45) is -4.25. The Kier molecular flexibility index (Phi) is 4.13. The van der Waals surface area contributed by atoms with E-state index in [0.29, 0.717) is 0 Å². The number of carboxylic acid groups (broad SMARTS) is 1. The van der Waals surface area contributed by atoms with E-state index in [1.165, 1.54) is 13.2 Å². The Morgan fingerprint density at radius 1 is 1.50 bits per heavy atom. The second-order valence-corrected chi connectivity index (χ2v) is 3.24. The van der Waals surface area contributed by atoms with Crippen molar-refractivity contribution in [2.24, 2.45) is 0 Å². The first-order valence-electron chi connectivity index (χ1n) is 4.66. The largest absolute Gasteiger partial charge is 0.481 e. The van der Waals surface area contributed by atoms with Crippen LogP contribution in [0.1, 0.15) is 11.8 Å². The zero-order valence-electron chi connectivity index (χ0n) is 9.18. The van der Waals surface area contributed by atoms with E-state index in [2.05, 4.69) is 4.98 Å². The molecule has 0 aliphatic carbocycles. The Hall–Kier alpha value is -2.26. The average molecular weight is 258 g/mol. The van der Waals surface area contributed by atoms with Gasteiger partial charge >= 0.3 is 5.97 Å². The van der Waals surface area contributed by atoms with Crippen molar-refractivity contribution in [2.75, 3.05) is 7.11 Å². The smallest absolute Gasteiger partial charge is 0.335 e. The van der Waals surface area contributed by atoms with Gasteiger partial charge < -0.3 is 20.1 Å². The first-order chi connectivity index (χ1) is 8.38. The molecule has 9 nitrogen and oxygen atoms in total. The predicted octanol–water partition coefficient (Wildman–Crippen LogP) is -0.523. The van der Waals surface area contributed by atoms with E-state index in [-0.39, 0.29) is 5.88 Å². The molecule has 1 aromatic heterocycles. The molecule has 1 heterocycles. The number of aliphatic carboxylic acids is 1. The van der Waals surface area contributed by atoms with Crippen LogP contribution in [0.2, 0.25) is 0 Å². The van der Waals surface area contributed by atoms with Gasteiger partial charge in [-0.1, -0.05) is 0 Å². The summed E-state index contributed by atoms with van der Waals surface area (Å²) < 4.78 is 4.71. The van der Waals surface area contributed by atoms with Gasteiger partial charge in [0, 0.05) is 12.1 Å². The summed E-state index contributed by atoms with van der Waals surface area (Å²) in [6, 6.07) is 2.18. The first kappa shape index (κ1) is 13.8. The van der Waals surface area contributed by atoms with Crippen LogP contribution in [0, 0.1) is 10.1 Å².